The van der Waals surface area contributed by atoms with E-state index in [9.17, 15) is 9.90 Å². The number of hydrogen-bond donors (Lipinski definition) is 3. The zero-order valence-corrected chi connectivity index (χ0v) is 9.83. The number of rotatable bonds is 6. The SMILES string of the molecule is [N-]=[N+]=Nc1ccc(C(=O)NCCCCN)c(O)c1. The van der Waals surface area contributed by atoms with Crippen molar-refractivity contribution < 1.29 is 9.90 Å². The van der Waals surface area contributed by atoms with Gasteiger partial charge in [0.25, 0.3) is 5.91 Å². The maximum atomic E-state index is 11.7. The van der Waals surface area contributed by atoms with Crippen molar-refractivity contribution >= 4 is 11.6 Å². The van der Waals surface area contributed by atoms with E-state index in [0.29, 0.717) is 13.1 Å². The van der Waals surface area contributed by atoms with Gasteiger partial charge in [-0.25, -0.2) is 0 Å². The van der Waals surface area contributed by atoms with Crippen molar-refractivity contribution in [3.63, 3.8) is 0 Å². The van der Waals surface area contributed by atoms with Gasteiger partial charge in [-0.3, -0.25) is 4.79 Å². The molecular formula is C11H15N5O2. The zero-order valence-electron chi connectivity index (χ0n) is 9.83. The lowest BCUT2D eigenvalue weighted by Crippen LogP contribution is -2.24. The van der Waals surface area contributed by atoms with Crippen LogP contribution in [0, 0.1) is 0 Å². The molecule has 1 aromatic carbocycles. The molecule has 0 unspecified atom stereocenters. The second kappa shape index (κ2) is 7.16. The van der Waals surface area contributed by atoms with Crippen LogP contribution in [0.25, 0.3) is 10.4 Å². The Kier molecular flexibility index (Phi) is 5.50. The summed E-state index contributed by atoms with van der Waals surface area (Å²) in [7, 11) is 0. The molecule has 0 aliphatic heterocycles. The summed E-state index contributed by atoms with van der Waals surface area (Å²) in [5.41, 5.74) is 14.0. The maximum absolute atomic E-state index is 11.7. The Bertz CT molecular complexity index is 469. The van der Waals surface area contributed by atoms with Gasteiger partial charge < -0.3 is 16.2 Å². The lowest BCUT2D eigenvalue weighted by atomic mass is 10.1. The Balaban J connectivity index is 2.65. The molecule has 4 N–H and O–H groups in total. The number of azide groups is 1. The van der Waals surface area contributed by atoms with Gasteiger partial charge in [-0.05, 0) is 37.1 Å². The summed E-state index contributed by atoms with van der Waals surface area (Å²) in [4.78, 5) is 14.3. The first-order chi connectivity index (χ1) is 8.69. The fourth-order valence-electron chi connectivity index (χ4n) is 1.39. The fraction of sp³-hybridized carbons (Fsp3) is 0.364. The van der Waals surface area contributed by atoms with E-state index < -0.39 is 0 Å². The summed E-state index contributed by atoms with van der Waals surface area (Å²) in [5, 5.41) is 15.6. The molecule has 96 valence electrons. The van der Waals surface area contributed by atoms with Crippen molar-refractivity contribution in [2.45, 2.75) is 12.8 Å². The lowest BCUT2D eigenvalue weighted by Gasteiger charge is -2.06. The topological polar surface area (TPSA) is 124 Å². The number of carbonyl (C=O) groups excluding carboxylic acids is 1. The molecule has 18 heavy (non-hydrogen) atoms. The Hall–Kier alpha value is -2.24. The van der Waals surface area contributed by atoms with Gasteiger partial charge in [0.2, 0.25) is 0 Å². The van der Waals surface area contributed by atoms with Crippen LogP contribution in [0.15, 0.2) is 23.3 Å². The van der Waals surface area contributed by atoms with Crippen molar-refractivity contribution in [3.8, 4) is 5.75 Å². The summed E-state index contributed by atoms with van der Waals surface area (Å²) < 4.78 is 0. The van der Waals surface area contributed by atoms with Crippen molar-refractivity contribution in [2.24, 2.45) is 10.8 Å². The molecule has 0 atom stereocenters. The van der Waals surface area contributed by atoms with E-state index in [1.807, 2.05) is 0 Å². The van der Waals surface area contributed by atoms with Crippen LogP contribution in [0.4, 0.5) is 5.69 Å². The Morgan fingerprint density at radius 3 is 2.89 bits per heavy atom. The largest absolute Gasteiger partial charge is 0.507 e. The minimum atomic E-state index is -0.364. The normalized spacial score (nSPS) is 9.61. The van der Waals surface area contributed by atoms with E-state index in [1.165, 1.54) is 18.2 Å². The first-order valence-corrected chi connectivity index (χ1v) is 5.55. The van der Waals surface area contributed by atoms with E-state index >= 15 is 0 Å². The molecule has 7 heteroatoms. The molecule has 7 nitrogen and oxygen atoms in total. The first kappa shape index (κ1) is 13.8. The van der Waals surface area contributed by atoms with Crippen molar-refractivity contribution in [1.82, 2.24) is 5.32 Å². The minimum Gasteiger partial charge on any atom is -0.507 e. The highest BCUT2D eigenvalue weighted by Gasteiger charge is 2.10. The van der Waals surface area contributed by atoms with Crippen LogP contribution < -0.4 is 11.1 Å². The number of phenols is 1. The second-order valence-corrected chi connectivity index (χ2v) is 3.64. The molecule has 0 saturated heterocycles. The van der Waals surface area contributed by atoms with Gasteiger partial charge in [0.1, 0.15) is 5.75 Å². The number of nitrogens with two attached hydrogens (primary N) is 1. The second-order valence-electron chi connectivity index (χ2n) is 3.64. The molecule has 0 heterocycles. The lowest BCUT2D eigenvalue weighted by molar-refractivity contribution is 0.0950. The Labute approximate surface area is 104 Å². The number of phenolic OH excluding ortho intramolecular Hbond substituents is 1. The van der Waals surface area contributed by atoms with Crippen LogP contribution in [0.2, 0.25) is 0 Å². The smallest absolute Gasteiger partial charge is 0.255 e. The average Bonchev–Trinajstić information content (AvgIpc) is 2.35. The van der Waals surface area contributed by atoms with Gasteiger partial charge in [0, 0.05) is 17.1 Å². The molecule has 0 aliphatic carbocycles. The van der Waals surface area contributed by atoms with Crippen molar-refractivity contribution in [2.75, 3.05) is 13.1 Å². The van der Waals surface area contributed by atoms with Crippen molar-refractivity contribution in [1.29, 1.82) is 0 Å². The van der Waals surface area contributed by atoms with Crippen LogP contribution >= 0.6 is 0 Å². The number of nitrogens with one attached hydrogen (secondary N) is 1. The Morgan fingerprint density at radius 1 is 1.50 bits per heavy atom. The number of amides is 1. The van der Waals surface area contributed by atoms with Crippen LogP contribution in [-0.2, 0) is 0 Å². The monoisotopic (exact) mass is 249 g/mol. The van der Waals surface area contributed by atoms with Crippen molar-refractivity contribution in [3.05, 3.63) is 34.2 Å². The standard InChI is InChI=1S/C11H15N5O2/c12-5-1-2-6-14-11(18)9-4-3-8(15-16-13)7-10(9)17/h3-4,7,17H,1-2,5-6,12H2,(H,14,18). The molecule has 1 aromatic rings. The van der Waals surface area contributed by atoms with Crippen LogP contribution in [-0.4, -0.2) is 24.1 Å². The number of aromatic hydroxyl groups is 1. The molecule has 0 aromatic heterocycles. The number of carbonyl (C=O) groups is 1. The van der Waals surface area contributed by atoms with E-state index in [1.54, 1.807) is 0 Å². The molecule has 1 amide bonds. The third-order valence-corrected chi connectivity index (χ3v) is 2.30. The number of hydrogen-bond acceptors (Lipinski definition) is 4. The summed E-state index contributed by atoms with van der Waals surface area (Å²) in [6.45, 7) is 1.09. The Morgan fingerprint density at radius 2 is 2.28 bits per heavy atom. The molecular weight excluding hydrogens is 234 g/mol. The summed E-state index contributed by atoms with van der Waals surface area (Å²) in [6, 6.07) is 4.13. The molecule has 0 fully saturated rings. The van der Waals surface area contributed by atoms with E-state index in [0.717, 1.165) is 12.8 Å². The van der Waals surface area contributed by atoms with Gasteiger partial charge in [0.15, 0.2) is 0 Å². The van der Waals surface area contributed by atoms with E-state index in [4.69, 9.17) is 11.3 Å². The molecule has 0 saturated carbocycles. The highest BCUT2D eigenvalue weighted by atomic mass is 16.3. The maximum Gasteiger partial charge on any atom is 0.255 e. The quantitative estimate of drug-likeness (QED) is 0.308. The van der Waals surface area contributed by atoms with Crippen LogP contribution in [0.1, 0.15) is 23.2 Å². The van der Waals surface area contributed by atoms with Crippen LogP contribution in [0.3, 0.4) is 0 Å². The fourth-order valence-corrected chi connectivity index (χ4v) is 1.39. The van der Waals surface area contributed by atoms with Gasteiger partial charge >= 0.3 is 0 Å². The van der Waals surface area contributed by atoms with E-state index in [-0.39, 0.29) is 22.9 Å². The summed E-state index contributed by atoms with van der Waals surface area (Å²) in [6.07, 6.45) is 1.63. The highest BCUT2D eigenvalue weighted by Crippen LogP contribution is 2.23. The number of unbranched alkanes of at least 4 members (excludes halogenated alkanes) is 1. The summed E-state index contributed by atoms with van der Waals surface area (Å²) >= 11 is 0. The highest BCUT2D eigenvalue weighted by molar-refractivity contribution is 5.97. The molecule has 1 rings (SSSR count). The summed E-state index contributed by atoms with van der Waals surface area (Å²) in [5.74, 6) is -0.576. The van der Waals surface area contributed by atoms with E-state index in [2.05, 4.69) is 15.3 Å². The zero-order chi connectivity index (χ0) is 13.4. The van der Waals surface area contributed by atoms with Gasteiger partial charge in [0.05, 0.1) is 5.56 Å². The predicted octanol–water partition coefficient (Wildman–Crippen LogP) is 1.80. The van der Waals surface area contributed by atoms with Gasteiger partial charge in [-0.15, -0.1) is 0 Å². The van der Waals surface area contributed by atoms with Gasteiger partial charge in [-0.1, -0.05) is 11.2 Å². The number of benzene rings is 1. The molecule has 0 bridgehead atoms. The molecule has 0 aliphatic rings. The van der Waals surface area contributed by atoms with Gasteiger partial charge in [-0.2, -0.15) is 0 Å². The minimum absolute atomic E-state index is 0.152. The predicted molar refractivity (Wildman–Crippen MR) is 67.5 cm³/mol. The third-order valence-electron chi connectivity index (χ3n) is 2.30. The average molecular weight is 249 g/mol. The number of nitrogens with zero attached hydrogens (tertiary/aromatic N) is 3. The molecule has 0 radical (unpaired) electrons. The van der Waals surface area contributed by atoms with Crippen LogP contribution in [0.5, 0.6) is 5.75 Å². The molecule has 0 spiro atoms. The first-order valence-electron chi connectivity index (χ1n) is 5.55. The third kappa shape index (κ3) is 3.97.